The van der Waals surface area contributed by atoms with Crippen LogP contribution in [0.15, 0.2) is 18.2 Å². The van der Waals surface area contributed by atoms with E-state index in [9.17, 15) is 13.6 Å². The number of fused-ring (bicyclic) bond motifs is 1. The highest BCUT2D eigenvalue weighted by Gasteiger charge is 2.54. The summed E-state index contributed by atoms with van der Waals surface area (Å²) in [5.41, 5.74) is 0.533. The molecule has 1 aliphatic heterocycles. The average molecular weight is 209 g/mol. The van der Waals surface area contributed by atoms with E-state index >= 15 is 0 Å². The highest BCUT2D eigenvalue weighted by molar-refractivity contribution is 5.85. The maximum atomic E-state index is 13.0. The molecule has 1 saturated heterocycles. The van der Waals surface area contributed by atoms with Gasteiger partial charge >= 0.3 is 0 Å². The molecule has 3 rings (SSSR count). The summed E-state index contributed by atoms with van der Waals surface area (Å²) >= 11 is 0. The number of carbonyl (C=O) groups excluding carboxylic acids is 1. The Labute approximate surface area is 85.3 Å². The molecule has 1 N–H and O–H groups in total. The van der Waals surface area contributed by atoms with Crippen LogP contribution < -0.4 is 5.32 Å². The Balaban J connectivity index is 1.96. The molecule has 2 aliphatic rings. The zero-order valence-electron chi connectivity index (χ0n) is 7.84. The summed E-state index contributed by atoms with van der Waals surface area (Å²) in [6.45, 7) is 0. The monoisotopic (exact) mass is 209 g/mol. The molecule has 1 aromatic carbocycles. The van der Waals surface area contributed by atoms with Gasteiger partial charge in [-0.2, -0.15) is 0 Å². The standard InChI is InChI=1S/C11H9F2NO/c12-6-1-5(2-7(13)3-6)10-8-4-9(8)11(15)14-10/h1-3,8-10H,4H2,(H,14,15). The minimum Gasteiger partial charge on any atom is -0.349 e. The van der Waals surface area contributed by atoms with Crippen molar-refractivity contribution in [2.75, 3.05) is 0 Å². The van der Waals surface area contributed by atoms with Crippen molar-refractivity contribution in [3.63, 3.8) is 0 Å². The van der Waals surface area contributed by atoms with Crippen molar-refractivity contribution in [2.45, 2.75) is 12.5 Å². The summed E-state index contributed by atoms with van der Waals surface area (Å²) in [5, 5.41) is 2.75. The molecule has 1 amide bonds. The summed E-state index contributed by atoms with van der Waals surface area (Å²) in [6, 6.07) is 3.21. The van der Waals surface area contributed by atoms with Crippen molar-refractivity contribution >= 4 is 5.91 Å². The summed E-state index contributed by atoms with van der Waals surface area (Å²) in [5.74, 6) is -0.874. The van der Waals surface area contributed by atoms with Crippen LogP contribution in [0.25, 0.3) is 0 Å². The number of hydrogen-bond donors (Lipinski definition) is 1. The van der Waals surface area contributed by atoms with Gasteiger partial charge in [0.2, 0.25) is 5.91 Å². The lowest BCUT2D eigenvalue weighted by Crippen LogP contribution is -2.23. The zero-order chi connectivity index (χ0) is 10.6. The minimum atomic E-state index is -0.594. The number of nitrogens with one attached hydrogen (secondary N) is 1. The Morgan fingerprint density at radius 3 is 2.33 bits per heavy atom. The van der Waals surface area contributed by atoms with E-state index in [-0.39, 0.29) is 23.8 Å². The second kappa shape index (κ2) is 2.78. The van der Waals surface area contributed by atoms with Crippen LogP contribution in [0.5, 0.6) is 0 Å². The molecule has 1 saturated carbocycles. The molecule has 3 atom stereocenters. The SMILES string of the molecule is O=C1NC(c2cc(F)cc(F)c2)C2CC12. The van der Waals surface area contributed by atoms with Gasteiger partial charge in [-0.05, 0) is 30.0 Å². The highest BCUT2D eigenvalue weighted by atomic mass is 19.1. The maximum absolute atomic E-state index is 13.0. The van der Waals surface area contributed by atoms with Crippen LogP contribution in [0.1, 0.15) is 18.0 Å². The van der Waals surface area contributed by atoms with Gasteiger partial charge in [-0.15, -0.1) is 0 Å². The predicted octanol–water partition coefficient (Wildman–Crippen LogP) is 1.77. The molecular weight excluding hydrogens is 200 g/mol. The molecule has 0 radical (unpaired) electrons. The minimum absolute atomic E-state index is 0.00895. The van der Waals surface area contributed by atoms with Gasteiger partial charge in [0.25, 0.3) is 0 Å². The fourth-order valence-corrected chi connectivity index (χ4v) is 2.34. The number of carbonyl (C=O) groups is 1. The van der Waals surface area contributed by atoms with Crippen molar-refractivity contribution in [1.82, 2.24) is 5.32 Å². The lowest BCUT2D eigenvalue weighted by molar-refractivity contribution is -0.121. The first-order valence-electron chi connectivity index (χ1n) is 4.91. The van der Waals surface area contributed by atoms with Gasteiger partial charge in [0.15, 0.2) is 0 Å². The van der Waals surface area contributed by atoms with Crippen molar-refractivity contribution in [1.29, 1.82) is 0 Å². The Bertz CT molecular complexity index is 426. The number of halogens is 2. The van der Waals surface area contributed by atoms with Gasteiger partial charge in [0, 0.05) is 12.0 Å². The van der Waals surface area contributed by atoms with E-state index in [1.54, 1.807) is 0 Å². The smallest absolute Gasteiger partial charge is 0.223 e. The lowest BCUT2D eigenvalue weighted by atomic mass is 10.0. The Morgan fingerprint density at radius 1 is 1.20 bits per heavy atom. The highest BCUT2D eigenvalue weighted by Crippen LogP contribution is 2.52. The molecular formula is C11H9F2NO. The maximum Gasteiger partial charge on any atom is 0.223 e. The van der Waals surface area contributed by atoms with Crippen LogP contribution in [-0.4, -0.2) is 5.91 Å². The van der Waals surface area contributed by atoms with Gasteiger partial charge in [0.1, 0.15) is 11.6 Å². The third kappa shape index (κ3) is 1.32. The first-order chi connectivity index (χ1) is 7.15. The van der Waals surface area contributed by atoms with Crippen molar-refractivity contribution in [3.8, 4) is 0 Å². The molecule has 78 valence electrons. The normalized spacial score (nSPS) is 32.4. The first kappa shape index (κ1) is 8.83. The topological polar surface area (TPSA) is 29.1 Å². The summed E-state index contributed by atoms with van der Waals surface area (Å²) in [4.78, 5) is 11.3. The predicted molar refractivity (Wildman–Crippen MR) is 48.8 cm³/mol. The van der Waals surface area contributed by atoms with Crippen LogP contribution in [0, 0.1) is 23.5 Å². The Kier molecular flexibility index (Phi) is 1.63. The molecule has 0 aromatic heterocycles. The van der Waals surface area contributed by atoms with Gasteiger partial charge in [-0.3, -0.25) is 4.79 Å². The molecule has 2 nitrogen and oxygen atoms in total. The molecule has 3 unspecified atom stereocenters. The van der Waals surface area contributed by atoms with Crippen molar-refractivity contribution < 1.29 is 13.6 Å². The quantitative estimate of drug-likeness (QED) is 0.750. The lowest BCUT2D eigenvalue weighted by Gasteiger charge is -2.13. The number of rotatable bonds is 1. The number of piperidine rings is 1. The van der Waals surface area contributed by atoms with E-state index in [4.69, 9.17) is 0 Å². The summed E-state index contributed by atoms with van der Waals surface area (Å²) in [7, 11) is 0. The van der Waals surface area contributed by atoms with Crippen LogP contribution in [0.2, 0.25) is 0 Å². The second-order valence-corrected chi connectivity index (χ2v) is 4.20. The van der Waals surface area contributed by atoms with E-state index in [1.807, 2.05) is 0 Å². The van der Waals surface area contributed by atoms with E-state index < -0.39 is 11.6 Å². The molecule has 1 aromatic rings. The zero-order valence-corrected chi connectivity index (χ0v) is 7.84. The fraction of sp³-hybridized carbons (Fsp3) is 0.364. The number of benzene rings is 1. The first-order valence-corrected chi connectivity index (χ1v) is 4.91. The van der Waals surface area contributed by atoms with Gasteiger partial charge in [-0.1, -0.05) is 0 Å². The average Bonchev–Trinajstić information content (AvgIpc) is 2.86. The van der Waals surface area contributed by atoms with E-state index in [0.29, 0.717) is 5.56 Å². The largest absolute Gasteiger partial charge is 0.349 e. The van der Waals surface area contributed by atoms with E-state index in [1.165, 1.54) is 12.1 Å². The van der Waals surface area contributed by atoms with Gasteiger partial charge in [-0.25, -0.2) is 8.78 Å². The molecule has 2 fully saturated rings. The Morgan fingerprint density at radius 2 is 1.87 bits per heavy atom. The summed E-state index contributed by atoms with van der Waals surface area (Å²) in [6.07, 6.45) is 0.842. The summed E-state index contributed by atoms with van der Waals surface area (Å²) < 4.78 is 25.9. The molecule has 1 aliphatic carbocycles. The van der Waals surface area contributed by atoms with Crippen LogP contribution >= 0.6 is 0 Å². The number of amides is 1. The molecule has 15 heavy (non-hydrogen) atoms. The Hall–Kier alpha value is -1.45. The molecule has 1 heterocycles. The van der Waals surface area contributed by atoms with Crippen molar-refractivity contribution in [3.05, 3.63) is 35.4 Å². The number of hydrogen-bond acceptors (Lipinski definition) is 1. The fourth-order valence-electron chi connectivity index (χ4n) is 2.34. The molecule has 4 heteroatoms. The third-order valence-electron chi connectivity index (χ3n) is 3.15. The van der Waals surface area contributed by atoms with Gasteiger partial charge < -0.3 is 5.32 Å². The van der Waals surface area contributed by atoms with Crippen LogP contribution in [-0.2, 0) is 4.79 Å². The van der Waals surface area contributed by atoms with Crippen LogP contribution in [0.3, 0.4) is 0 Å². The van der Waals surface area contributed by atoms with Gasteiger partial charge in [0.05, 0.1) is 6.04 Å². The second-order valence-electron chi connectivity index (χ2n) is 4.20. The third-order valence-corrected chi connectivity index (χ3v) is 3.15. The van der Waals surface area contributed by atoms with Crippen molar-refractivity contribution in [2.24, 2.45) is 11.8 Å². The van der Waals surface area contributed by atoms with E-state index in [0.717, 1.165) is 12.5 Å². The molecule has 0 bridgehead atoms. The van der Waals surface area contributed by atoms with Crippen LogP contribution in [0.4, 0.5) is 8.78 Å². The van der Waals surface area contributed by atoms with E-state index in [2.05, 4.69) is 5.32 Å². The molecule has 0 spiro atoms.